The Balaban J connectivity index is 2.49. The highest BCUT2D eigenvalue weighted by Gasteiger charge is 2.23. The molecule has 1 unspecified atom stereocenters. The summed E-state index contributed by atoms with van der Waals surface area (Å²) in [4.78, 5) is 15.3. The van der Waals surface area contributed by atoms with Crippen LogP contribution in [0.1, 0.15) is 52.5 Å². The summed E-state index contributed by atoms with van der Waals surface area (Å²) in [5.74, 6) is 0. The minimum absolute atomic E-state index is 0.114. The number of nitrogens with one attached hydrogen (secondary N) is 1. The molecule has 4 nitrogen and oxygen atoms in total. The lowest BCUT2D eigenvalue weighted by Crippen LogP contribution is -2.44. The maximum absolute atomic E-state index is 12.2. The largest absolute Gasteiger partial charge is 0.444 e. The van der Waals surface area contributed by atoms with Gasteiger partial charge in [0.1, 0.15) is 5.60 Å². The number of thiophene rings is 1. The maximum atomic E-state index is 12.2. The molecule has 0 saturated carbocycles. The highest BCUT2D eigenvalue weighted by molar-refractivity contribution is 9.11. The van der Waals surface area contributed by atoms with E-state index >= 15 is 0 Å². The van der Waals surface area contributed by atoms with Crippen molar-refractivity contribution < 1.29 is 9.53 Å². The van der Waals surface area contributed by atoms with Crippen LogP contribution < -0.4 is 5.32 Å². The number of hydrogen-bond acceptors (Lipinski definition) is 4. The highest BCUT2D eigenvalue weighted by atomic mass is 79.9. The van der Waals surface area contributed by atoms with E-state index in [0.717, 1.165) is 10.3 Å². The number of ether oxygens (including phenoxy) is 1. The van der Waals surface area contributed by atoms with Gasteiger partial charge in [-0.25, -0.2) is 4.79 Å². The molecule has 1 amide bonds. The summed E-state index contributed by atoms with van der Waals surface area (Å²) in [5, 5.41) is 3.46. The van der Waals surface area contributed by atoms with Crippen molar-refractivity contribution in [1.82, 2.24) is 10.2 Å². The van der Waals surface area contributed by atoms with Crippen LogP contribution in [0.15, 0.2) is 15.9 Å². The molecule has 0 fully saturated rings. The van der Waals surface area contributed by atoms with E-state index in [0.29, 0.717) is 6.54 Å². The van der Waals surface area contributed by atoms with E-state index in [1.165, 1.54) is 4.88 Å². The van der Waals surface area contributed by atoms with E-state index < -0.39 is 5.60 Å². The number of carbonyl (C=O) groups is 1. The van der Waals surface area contributed by atoms with Gasteiger partial charge in [-0.2, -0.15) is 0 Å². The summed E-state index contributed by atoms with van der Waals surface area (Å²) in [5.41, 5.74) is -0.464. The van der Waals surface area contributed by atoms with E-state index in [4.69, 9.17) is 4.74 Å². The van der Waals surface area contributed by atoms with Gasteiger partial charge in [0, 0.05) is 30.1 Å². The van der Waals surface area contributed by atoms with Crippen LogP contribution in [-0.2, 0) is 4.74 Å². The molecule has 1 atom stereocenters. The van der Waals surface area contributed by atoms with E-state index in [-0.39, 0.29) is 18.2 Å². The van der Waals surface area contributed by atoms with Crippen LogP contribution in [0.2, 0.25) is 0 Å². The Morgan fingerprint density at radius 2 is 2.00 bits per heavy atom. The third kappa shape index (κ3) is 6.67. The quantitative estimate of drug-likeness (QED) is 0.757. The Labute approximate surface area is 146 Å². The minimum Gasteiger partial charge on any atom is -0.444 e. The summed E-state index contributed by atoms with van der Waals surface area (Å²) in [6.45, 7) is 13.2. The third-order valence-corrected chi connectivity index (χ3v) is 4.88. The number of rotatable bonds is 6. The average Bonchev–Trinajstić information content (AvgIpc) is 2.78. The van der Waals surface area contributed by atoms with Crippen LogP contribution >= 0.6 is 27.3 Å². The predicted octanol–water partition coefficient (Wildman–Crippen LogP) is 4.81. The molecular formula is C16H27BrN2O2S. The molecular weight excluding hydrogens is 364 g/mol. The smallest absolute Gasteiger partial charge is 0.410 e. The number of amides is 1. The first-order valence-electron chi connectivity index (χ1n) is 7.58. The van der Waals surface area contributed by atoms with Crippen molar-refractivity contribution in [2.24, 2.45) is 0 Å². The normalized spacial score (nSPS) is 13.3. The Morgan fingerprint density at radius 3 is 2.45 bits per heavy atom. The summed E-state index contributed by atoms with van der Waals surface area (Å²) in [6.07, 6.45) is -0.254. The van der Waals surface area contributed by atoms with Gasteiger partial charge in [-0.1, -0.05) is 0 Å². The molecule has 0 aliphatic rings. The van der Waals surface area contributed by atoms with E-state index in [1.807, 2.05) is 34.6 Å². The lowest BCUT2D eigenvalue weighted by Gasteiger charge is -2.30. The van der Waals surface area contributed by atoms with Crippen molar-refractivity contribution in [2.45, 2.75) is 59.2 Å². The Kier molecular flexibility index (Phi) is 7.35. The average molecular weight is 391 g/mol. The summed E-state index contributed by atoms with van der Waals surface area (Å²) < 4.78 is 6.59. The molecule has 0 aromatic carbocycles. The Hall–Kier alpha value is -0.590. The standard InChI is InChI=1S/C16H27BrN2O2S/c1-11(2)19(15(20)21-16(4,5)6)10-9-18-12(3)13-7-8-14(17)22-13/h7-8,11-12,18H,9-10H2,1-6H3. The van der Waals surface area contributed by atoms with Crippen LogP contribution in [0, 0.1) is 0 Å². The maximum Gasteiger partial charge on any atom is 0.410 e. The zero-order valence-corrected chi connectivity index (χ0v) is 16.7. The highest BCUT2D eigenvalue weighted by Crippen LogP contribution is 2.26. The molecule has 1 rings (SSSR count). The topological polar surface area (TPSA) is 41.6 Å². The van der Waals surface area contributed by atoms with Gasteiger partial charge in [0.05, 0.1) is 3.79 Å². The second-order valence-electron chi connectivity index (χ2n) is 6.59. The van der Waals surface area contributed by atoms with Gasteiger partial charge in [-0.15, -0.1) is 11.3 Å². The molecule has 1 aromatic rings. The minimum atomic E-state index is -0.464. The van der Waals surface area contributed by atoms with Crippen LogP contribution in [-0.4, -0.2) is 35.7 Å². The van der Waals surface area contributed by atoms with Gasteiger partial charge in [-0.05, 0) is 69.6 Å². The number of nitrogens with zero attached hydrogens (tertiary/aromatic N) is 1. The monoisotopic (exact) mass is 390 g/mol. The summed E-state index contributed by atoms with van der Waals surface area (Å²) >= 11 is 5.20. The molecule has 0 aliphatic carbocycles. The first kappa shape index (κ1) is 19.5. The fourth-order valence-corrected chi connectivity index (χ4v) is 3.39. The number of halogens is 1. The van der Waals surface area contributed by atoms with Crippen molar-refractivity contribution >= 4 is 33.4 Å². The first-order valence-corrected chi connectivity index (χ1v) is 9.19. The van der Waals surface area contributed by atoms with Crippen LogP contribution in [0.5, 0.6) is 0 Å². The van der Waals surface area contributed by atoms with Crippen molar-refractivity contribution in [1.29, 1.82) is 0 Å². The molecule has 0 saturated heterocycles. The molecule has 0 aliphatic heterocycles. The molecule has 1 heterocycles. The summed E-state index contributed by atoms with van der Waals surface area (Å²) in [7, 11) is 0. The summed E-state index contributed by atoms with van der Waals surface area (Å²) in [6, 6.07) is 4.55. The third-order valence-electron chi connectivity index (χ3n) is 3.08. The van der Waals surface area contributed by atoms with E-state index in [2.05, 4.69) is 40.3 Å². The fraction of sp³-hybridized carbons (Fsp3) is 0.688. The van der Waals surface area contributed by atoms with Gasteiger partial charge in [-0.3, -0.25) is 0 Å². The molecule has 0 spiro atoms. The SMILES string of the molecule is CC(NCCN(C(=O)OC(C)(C)C)C(C)C)c1ccc(Br)s1. The molecule has 0 radical (unpaired) electrons. The Morgan fingerprint density at radius 1 is 1.36 bits per heavy atom. The lowest BCUT2D eigenvalue weighted by atomic mass is 10.2. The van der Waals surface area contributed by atoms with E-state index in [9.17, 15) is 4.79 Å². The fourth-order valence-electron chi connectivity index (χ4n) is 1.94. The van der Waals surface area contributed by atoms with Gasteiger partial charge >= 0.3 is 6.09 Å². The second-order valence-corrected chi connectivity index (χ2v) is 9.08. The van der Waals surface area contributed by atoms with Crippen molar-refractivity contribution in [2.75, 3.05) is 13.1 Å². The van der Waals surface area contributed by atoms with Gasteiger partial charge in [0.2, 0.25) is 0 Å². The molecule has 1 N–H and O–H groups in total. The Bertz CT molecular complexity index is 483. The number of carbonyl (C=O) groups excluding carboxylic acids is 1. The van der Waals surface area contributed by atoms with Gasteiger partial charge in [0.25, 0.3) is 0 Å². The number of hydrogen-bond donors (Lipinski definition) is 1. The van der Waals surface area contributed by atoms with Crippen LogP contribution in [0.4, 0.5) is 4.79 Å². The first-order chi connectivity index (χ1) is 10.1. The van der Waals surface area contributed by atoms with Crippen molar-refractivity contribution in [3.05, 3.63) is 20.8 Å². The van der Waals surface area contributed by atoms with Gasteiger partial charge in [0.15, 0.2) is 0 Å². The lowest BCUT2D eigenvalue weighted by molar-refractivity contribution is 0.0192. The van der Waals surface area contributed by atoms with Crippen molar-refractivity contribution in [3.63, 3.8) is 0 Å². The van der Waals surface area contributed by atoms with Gasteiger partial charge < -0.3 is 15.0 Å². The molecule has 6 heteroatoms. The molecule has 1 aromatic heterocycles. The van der Waals surface area contributed by atoms with Crippen LogP contribution in [0.25, 0.3) is 0 Å². The second kappa shape index (κ2) is 8.31. The molecule has 22 heavy (non-hydrogen) atoms. The van der Waals surface area contributed by atoms with E-state index in [1.54, 1.807) is 16.2 Å². The zero-order valence-electron chi connectivity index (χ0n) is 14.3. The molecule has 126 valence electrons. The van der Waals surface area contributed by atoms with Crippen molar-refractivity contribution in [3.8, 4) is 0 Å². The zero-order chi connectivity index (χ0) is 16.9. The molecule has 0 bridgehead atoms. The predicted molar refractivity (Wildman–Crippen MR) is 96.5 cm³/mol. The van der Waals surface area contributed by atoms with Crippen LogP contribution in [0.3, 0.4) is 0 Å².